The number of hydrogen-bond acceptors (Lipinski definition) is 2. The summed E-state index contributed by atoms with van der Waals surface area (Å²) in [5.41, 5.74) is 3.31. The van der Waals surface area contributed by atoms with Crippen LogP contribution in [0.25, 0.3) is 16.7 Å². The SMILES string of the molecule is O=C(NCc1ccc(F)cc1)c1nc2ccccc2n1-c1ccccc1. The fraction of sp³-hybridized carbons (Fsp3) is 0.0476. The molecule has 0 aliphatic rings. The van der Waals surface area contributed by atoms with Gasteiger partial charge in [-0.15, -0.1) is 0 Å². The van der Waals surface area contributed by atoms with Crippen LogP contribution >= 0.6 is 0 Å². The van der Waals surface area contributed by atoms with Crippen molar-refractivity contribution in [1.82, 2.24) is 14.9 Å². The summed E-state index contributed by atoms with van der Waals surface area (Å²) in [5.74, 6) is -0.264. The summed E-state index contributed by atoms with van der Waals surface area (Å²) >= 11 is 0. The van der Waals surface area contributed by atoms with Crippen LogP contribution in [0.4, 0.5) is 4.39 Å². The molecular weight excluding hydrogens is 329 g/mol. The van der Waals surface area contributed by atoms with Crippen molar-refractivity contribution in [2.75, 3.05) is 0 Å². The van der Waals surface area contributed by atoms with Crippen LogP contribution in [0.2, 0.25) is 0 Å². The molecule has 26 heavy (non-hydrogen) atoms. The molecule has 0 unspecified atom stereocenters. The number of nitrogens with zero attached hydrogens (tertiary/aromatic N) is 2. The Morgan fingerprint density at radius 3 is 2.38 bits per heavy atom. The standard InChI is InChI=1S/C21H16FN3O/c22-16-12-10-15(11-13-16)14-23-21(26)20-24-18-8-4-5-9-19(18)25(20)17-6-2-1-3-7-17/h1-13H,14H2,(H,23,26). The minimum absolute atomic E-state index is 0.283. The van der Waals surface area contributed by atoms with Gasteiger partial charge in [0.15, 0.2) is 0 Å². The normalized spacial score (nSPS) is 10.8. The molecule has 1 aromatic heterocycles. The van der Waals surface area contributed by atoms with Gasteiger partial charge < -0.3 is 5.32 Å². The molecule has 0 aliphatic heterocycles. The lowest BCUT2D eigenvalue weighted by Crippen LogP contribution is -2.26. The lowest BCUT2D eigenvalue weighted by atomic mass is 10.2. The molecule has 0 bridgehead atoms. The minimum Gasteiger partial charge on any atom is -0.345 e. The highest BCUT2D eigenvalue weighted by atomic mass is 19.1. The van der Waals surface area contributed by atoms with E-state index >= 15 is 0 Å². The summed E-state index contributed by atoms with van der Waals surface area (Å²) in [5, 5.41) is 2.86. The van der Waals surface area contributed by atoms with Gasteiger partial charge in [0.1, 0.15) is 5.82 Å². The summed E-state index contributed by atoms with van der Waals surface area (Å²) in [6.45, 7) is 0.303. The Kier molecular flexibility index (Phi) is 4.19. The molecule has 128 valence electrons. The lowest BCUT2D eigenvalue weighted by Gasteiger charge is -2.10. The average Bonchev–Trinajstić information content (AvgIpc) is 3.07. The first-order valence-corrected chi connectivity index (χ1v) is 8.28. The van der Waals surface area contributed by atoms with E-state index in [1.165, 1.54) is 12.1 Å². The monoisotopic (exact) mass is 345 g/mol. The highest BCUT2D eigenvalue weighted by molar-refractivity contribution is 5.96. The van der Waals surface area contributed by atoms with Gasteiger partial charge in [-0.25, -0.2) is 9.37 Å². The molecule has 0 saturated heterocycles. The molecule has 5 heteroatoms. The maximum absolute atomic E-state index is 13.0. The van der Waals surface area contributed by atoms with Crippen molar-refractivity contribution in [2.45, 2.75) is 6.54 Å². The van der Waals surface area contributed by atoms with Crippen LogP contribution in [-0.4, -0.2) is 15.5 Å². The van der Waals surface area contributed by atoms with Crippen molar-refractivity contribution in [3.63, 3.8) is 0 Å². The van der Waals surface area contributed by atoms with Crippen LogP contribution in [0.5, 0.6) is 0 Å². The molecule has 3 aromatic carbocycles. The molecular formula is C21H16FN3O. The van der Waals surface area contributed by atoms with Crippen molar-refractivity contribution in [2.24, 2.45) is 0 Å². The number of imidazole rings is 1. The summed E-state index contributed by atoms with van der Waals surface area (Å²) in [7, 11) is 0. The van der Waals surface area contributed by atoms with Gasteiger partial charge in [0.2, 0.25) is 5.82 Å². The number of para-hydroxylation sites is 3. The summed E-state index contributed by atoms with van der Waals surface area (Å²) in [6.07, 6.45) is 0. The smallest absolute Gasteiger partial charge is 0.287 e. The van der Waals surface area contributed by atoms with Crippen LogP contribution in [0.1, 0.15) is 16.2 Å². The highest BCUT2D eigenvalue weighted by Gasteiger charge is 2.18. The number of rotatable bonds is 4. The van der Waals surface area contributed by atoms with Gasteiger partial charge in [-0.1, -0.05) is 42.5 Å². The summed E-state index contributed by atoms with van der Waals surface area (Å²) in [6, 6.07) is 23.3. The van der Waals surface area contributed by atoms with Gasteiger partial charge in [-0.2, -0.15) is 0 Å². The summed E-state index contributed by atoms with van der Waals surface area (Å²) in [4.78, 5) is 17.3. The predicted molar refractivity (Wildman–Crippen MR) is 98.6 cm³/mol. The molecule has 0 radical (unpaired) electrons. The number of nitrogens with one attached hydrogen (secondary N) is 1. The topological polar surface area (TPSA) is 46.9 Å². The van der Waals surface area contributed by atoms with E-state index in [-0.39, 0.29) is 11.7 Å². The van der Waals surface area contributed by atoms with Crippen molar-refractivity contribution < 1.29 is 9.18 Å². The Balaban J connectivity index is 1.69. The van der Waals surface area contributed by atoms with E-state index in [0.29, 0.717) is 12.4 Å². The second-order valence-electron chi connectivity index (χ2n) is 5.90. The van der Waals surface area contributed by atoms with E-state index < -0.39 is 0 Å². The second kappa shape index (κ2) is 6.80. The Hall–Kier alpha value is -3.47. The Bertz CT molecular complexity index is 1060. The first kappa shape index (κ1) is 16.0. The van der Waals surface area contributed by atoms with Crippen molar-refractivity contribution in [3.8, 4) is 5.69 Å². The number of aromatic nitrogens is 2. The Morgan fingerprint density at radius 1 is 0.923 bits per heavy atom. The van der Waals surface area contributed by atoms with E-state index in [4.69, 9.17) is 0 Å². The zero-order chi connectivity index (χ0) is 17.9. The van der Waals surface area contributed by atoms with Gasteiger partial charge in [-0.3, -0.25) is 9.36 Å². The number of fused-ring (bicyclic) bond motifs is 1. The minimum atomic E-state index is -0.300. The number of benzene rings is 3. The number of halogens is 1. The van der Waals surface area contributed by atoms with Crippen LogP contribution in [0, 0.1) is 5.82 Å². The third-order valence-corrected chi connectivity index (χ3v) is 4.14. The molecule has 0 aliphatic carbocycles. The maximum Gasteiger partial charge on any atom is 0.287 e. The molecule has 4 aromatic rings. The third-order valence-electron chi connectivity index (χ3n) is 4.14. The van der Waals surface area contributed by atoms with Gasteiger partial charge in [0.25, 0.3) is 5.91 Å². The van der Waals surface area contributed by atoms with E-state index in [1.54, 1.807) is 12.1 Å². The van der Waals surface area contributed by atoms with Crippen LogP contribution < -0.4 is 5.32 Å². The zero-order valence-electron chi connectivity index (χ0n) is 13.9. The molecule has 1 N–H and O–H groups in total. The van der Waals surface area contributed by atoms with Gasteiger partial charge in [0, 0.05) is 12.2 Å². The van der Waals surface area contributed by atoms with E-state index in [0.717, 1.165) is 22.3 Å². The quantitative estimate of drug-likeness (QED) is 0.605. The van der Waals surface area contributed by atoms with Gasteiger partial charge in [0.05, 0.1) is 11.0 Å². The second-order valence-corrected chi connectivity index (χ2v) is 5.90. The van der Waals surface area contributed by atoms with Crippen LogP contribution in [0.3, 0.4) is 0 Å². The van der Waals surface area contributed by atoms with Crippen molar-refractivity contribution in [1.29, 1.82) is 0 Å². The largest absolute Gasteiger partial charge is 0.345 e. The third kappa shape index (κ3) is 3.07. The van der Waals surface area contributed by atoms with E-state index in [2.05, 4.69) is 10.3 Å². The van der Waals surface area contributed by atoms with Gasteiger partial charge in [-0.05, 0) is 42.0 Å². The predicted octanol–water partition coefficient (Wildman–Crippen LogP) is 4.09. The van der Waals surface area contributed by atoms with Crippen LogP contribution in [0.15, 0.2) is 78.9 Å². The fourth-order valence-electron chi connectivity index (χ4n) is 2.88. The Morgan fingerprint density at radius 2 is 1.62 bits per heavy atom. The molecule has 0 saturated carbocycles. The molecule has 0 spiro atoms. The molecule has 1 heterocycles. The highest BCUT2D eigenvalue weighted by Crippen LogP contribution is 2.21. The number of carbonyl (C=O) groups excluding carboxylic acids is 1. The average molecular weight is 345 g/mol. The van der Waals surface area contributed by atoms with E-state index in [1.807, 2.05) is 59.2 Å². The van der Waals surface area contributed by atoms with E-state index in [9.17, 15) is 9.18 Å². The molecule has 0 atom stereocenters. The molecule has 1 amide bonds. The summed E-state index contributed by atoms with van der Waals surface area (Å²) < 4.78 is 14.9. The van der Waals surface area contributed by atoms with Crippen LogP contribution in [-0.2, 0) is 6.54 Å². The molecule has 4 nitrogen and oxygen atoms in total. The first-order valence-electron chi connectivity index (χ1n) is 8.28. The van der Waals surface area contributed by atoms with Gasteiger partial charge >= 0.3 is 0 Å². The molecule has 0 fully saturated rings. The van der Waals surface area contributed by atoms with Crippen molar-refractivity contribution in [3.05, 3.63) is 96.1 Å². The number of carbonyl (C=O) groups is 1. The number of amides is 1. The lowest BCUT2D eigenvalue weighted by molar-refractivity contribution is 0.0939. The maximum atomic E-state index is 13.0. The first-order chi connectivity index (χ1) is 12.7. The zero-order valence-corrected chi connectivity index (χ0v) is 13.9. The number of hydrogen-bond donors (Lipinski definition) is 1. The molecule has 4 rings (SSSR count). The fourth-order valence-corrected chi connectivity index (χ4v) is 2.88. The van der Waals surface area contributed by atoms with Crippen molar-refractivity contribution >= 4 is 16.9 Å². The Labute approximate surface area is 149 Å².